The van der Waals surface area contributed by atoms with Gasteiger partial charge < -0.3 is 14.8 Å². The highest BCUT2D eigenvalue weighted by Gasteiger charge is 2.12. The molecule has 0 aliphatic rings. The molecule has 0 spiro atoms. The molecule has 0 bridgehead atoms. The molecule has 0 aromatic heterocycles. The molecule has 0 radical (unpaired) electrons. The van der Waals surface area contributed by atoms with E-state index in [2.05, 4.69) is 5.32 Å². The lowest BCUT2D eigenvalue weighted by Crippen LogP contribution is -2.13. The van der Waals surface area contributed by atoms with Gasteiger partial charge in [-0.3, -0.25) is 4.79 Å². The van der Waals surface area contributed by atoms with E-state index >= 15 is 0 Å². The minimum Gasteiger partial charge on any atom is -0.493 e. The number of nitrogens with zero attached hydrogens (tertiary/aromatic N) is 1. The van der Waals surface area contributed by atoms with Gasteiger partial charge in [0.1, 0.15) is 29.7 Å². The van der Waals surface area contributed by atoms with Crippen molar-refractivity contribution in [1.29, 1.82) is 5.26 Å². The number of carbonyl (C=O) groups excluding carboxylic acids is 1. The summed E-state index contributed by atoms with van der Waals surface area (Å²) in [5, 5.41) is 12.7. The molecule has 0 atom stereocenters. The summed E-state index contributed by atoms with van der Waals surface area (Å²) in [7, 11) is 0. The van der Waals surface area contributed by atoms with Crippen LogP contribution in [0.3, 0.4) is 0 Å². The van der Waals surface area contributed by atoms with Crippen LogP contribution in [0.25, 0.3) is 6.08 Å². The molecule has 1 amide bonds. The first-order valence-corrected chi connectivity index (χ1v) is 10.6. The molecule has 3 aromatic rings. The van der Waals surface area contributed by atoms with E-state index in [9.17, 15) is 10.1 Å². The van der Waals surface area contributed by atoms with Crippen molar-refractivity contribution >= 4 is 29.3 Å². The van der Waals surface area contributed by atoms with Gasteiger partial charge in [0.15, 0.2) is 0 Å². The molecule has 0 fully saturated rings. The zero-order valence-electron chi connectivity index (χ0n) is 17.7. The average Bonchev–Trinajstić information content (AvgIpc) is 2.82. The van der Waals surface area contributed by atoms with Crippen LogP contribution in [0.2, 0.25) is 5.02 Å². The minimum absolute atomic E-state index is 0.0574. The molecule has 0 aliphatic heterocycles. The number of rotatable bonds is 9. The predicted octanol–water partition coefficient (Wildman–Crippen LogP) is 6.25. The third-order valence-corrected chi connectivity index (χ3v) is 4.69. The second-order valence-corrected chi connectivity index (χ2v) is 7.39. The Bertz CT molecular complexity index is 1120. The average molecular weight is 447 g/mol. The Morgan fingerprint density at radius 2 is 1.81 bits per heavy atom. The van der Waals surface area contributed by atoms with Crippen molar-refractivity contribution in [3.05, 3.63) is 94.5 Å². The Balaban J connectivity index is 1.67. The van der Waals surface area contributed by atoms with Crippen molar-refractivity contribution < 1.29 is 14.3 Å². The topological polar surface area (TPSA) is 71.3 Å². The molecule has 0 heterocycles. The normalized spacial score (nSPS) is 10.8. The maximum atomic E-state index is 12.6. The highest BCUT2D eigenvalue weighted by molar-refractivity contribution is 6.30. The zero-order chi connectivity index (χ0) is 22.8. The Kier molecular flexibility index (Phi) is 8.30. The molecular weight excluding hydrogens is 424 g/mol. The summed E-state index contributed by atoms with van der Waals surface area (Å²) in [5.74, 6) is 0.725. The van der Waals surface area contributed by atoms with Gasteiger partial charge >= 0.3 is 0 Å². The first-order valence-electron chi connectivity index (χ1n) is 10.2. The van der Waals surface area contributed by atoms with Crippen LogP contribution in [0, 0.1) is 11.3 Å². The van der Waals surface area contributed by atoms with E-state index < -0.39 is 5.91 Å². The van der Waals surface area contributed by atoms with Crippen LogP contribution in [-0.4, -0.2) is 12.5 Å². The molecule has 6 heteroatoms. The third-order valence-electron chi connectivity index (χ3n) is 4.46. The van der Waals surface area contributed by atoms with Gasteiger partial charge in [-0.1, -0.05) is 48.9 Å². The lowest BCUT2D eigenvalue weighted by molar-refractivity contribution is -0.112. The van der Waals surface area contributed by atoms with Gasteiger partial charge in [0.25, 0.3) is 5.91 Å². The number of nitrogens with one attached hydrogen (secondary N) is 1. The molecule has 0 aliphatic carbocycles. The van der Waals surface area contributed by atoms with Crippen LogP contribution in [0.5, 0.6) is 11.5 Å². The lowest BCUT2D eigenvalue weighted by Gasteiger charge is -2.10. The second kappa shape index (κ2) is 11.6. The summed E-state index contributed by atoms with van der Waals surface area (Å²) >= 11 is 6.09. The number of hydrogen-bond acceptors (Lipinski definition) is 4. The summed E-state index contributed by atoms with van der Waals surface area (Å²) in [5.41, 5.74) is 2.13. The van der Waals surface area contributed by atoms with E-state index in [1.54, 1.807) is 42.5 Å². The number of anilines is 1. The molecule has 3 aromatic carbocycles. The van der Waals surface area contributed by atoms with Gasteiger partial charge in [-0.25, -0.2) is 0 Å². The molecule has 0 unspecified atom stereocenters. The van der Waals surface area contributed by atoms with Crippen molar-refractivity contribution in [2.45, 2.75) is 20.0 Å². The number of nitriles is 1. The Morgan fingerprint density at radius 3 is 2.50 bits per heavy atom. The third kappa shape index (κ3) is 6.63. The molecule has 3 rings (SSSR count). The first-order chi connectivity index (χ1) is 15.6. The van der Waals surface area contributed by atoms with E-state index in [4.69, 9.17) is 21.1 Å². The van der Waals surface area contributed by atoms with Gasteiger partial charge in [0, 0.05) is 16.3 Å². The van der Waals surface area contributed by atoms with Gasteiger partial charge in [0.2, 0.25) is 0 Å². The Hall–Kier alpha value is -3.75. The molecule has 1 N–H and O–H groups in total. The monoisotopic (exact) mass is 446 g/mol. The summed E-state index contributed by atoms with van der Waals surface area (Å²) in [6.45, 7) is 2.97. The minimum atomic E-state index is -0.521. The number of carbonyl (C=O) groups is 1. The van der Waals surface area contributed by atoms with E-state index in [0.717, 1.165) is 12.0 Å². The van der Waals surface area contributed by atoms with Crippen molar-refractivity contribution in [1.82, 2.24) is 0 Å². The van der Waals surface area contributed by atoms with Crippen LogP contribution in [-0.2, 0) is 11.4 Å². The molecule has 0 saturated carbocycles. The highest BCUT2D eigenvalue weighted by Crippen LogP contribution is 2.26. The maximum Gasteiger partial charge on any atom is 0.266 e. The van der Waals surface area contributed by atoms with Crippen LogP contribution < -0.4 is 14.8 Å². The molecule has 0 saturated heterocycles. The van der Waals surface area contributed by atoms with Gasteiger partial charge in [-0.05, 0) is 60.5 Å². The lowest BCUT2D eigenvalue weighted by atomic mass is 10.1. The molecular formula is C26H23ClN2O3. The van der Waals surface area contributed by atoms with Gasteiger partial charge in [-0.2, -0.15) is 5.26 Å². The number of hydrogen-bond donors (Lipinski definition) is 1. The fourth-order valence-corrected chi connectivity index (χ4v) is 3.03. The summed E-state index contributed by atoms with van der Waals surface area (Å²) < 4.78 is 11.4. The summed E-state index contributed by atoms with van der Waals surface area (Å²) in [6, 6.07) is 23.9. The number of benzene rings is 3. The van der Waals surface area contributed by atoms with Crippen molar-refractivity contribution in [2.75, 3.05) is 11.9 Å². The van der Waals surface area contributed by atoms with Crippen LogP contribution in [0.4, 0.5) is 5.69 Å². The van der Waals surface area contributed by atoms with Crippen molar-refractivity contribution in [2.24, 2.45) is 0 Å². The second-order valence-electron chi connectivity index (χ2n) is 6.95. The smallest absolute Gasteiger partial charge is 0.266 e. The van der Waals surface area contributed by atoms with Crippen LogP contribution in [0.1, 0.15) is 24.5 Å². The number of amides is 1. The maximum absolute atomic E-state index is 12.6. The van der Waals surface area contributed by atoms with E-state index in [1.807, 2.05) is 43.3 Å². The Labute approximate surface area is 192 Å². The molecule has 162 valence electrons. The van der Waals surface area contributed by atoms with E-state index in [-0.39, 0.29) is 5.57 Å². The molecule has 32 heavy (non-hydrogen) atoms. The van der Waals surface area contributed by atoms with Gasteiger partial charge in [-0.15, -0.1) is 0 Å². The summed E-state index contributed by atoms with van der Waals surface area (Å²) in [6.07, 6.45) is 2.31. The number of ether oxygens (including phenoxy) is 2. The zero-order valence-corrected chi connectivity index (χ0v) is 18.4. The van der Waals surface area contributed by atoms with Crippen LogP contribution in [0.15, 0.2) is 78.4 Å². The van der Waals surface area contributed by atoms with E-state index in [0.29, 0.717) is 41.0 Å². The standard InChI is InChI=1S/C26H23ClN2O3/c1-2-14-31-25-13-8-22(27)16-20(25)15-21(17-28)26(30)29-23-9-11-24(12-10-23)32-18-19-6-4-3-5-7-19/h3-13,15-16H,2,14,18H2,1H3,(H,29,30)/b21-15+. The highest BCUT2D eigenvalue weighted by atomic mass is 35.5. The van der Waals surface area contributed by atoms with Crippen molar-refractivity contribution in [3.8, 4) is 17.6 Å². The van der Waals surface area contributed by atoms with Gasteiger partial charge in [0.05, 0.1) is 6.61 Å². The fourth-order valence-electron chi connectivity index (χ4n) is 2.85. The molecule has 5 nitrogen and oxygen atoms in total. The quantitative estimate of drug-likeness (QED) is 0.311. The van der Waals surface area contributed by atoms with Crippen molar-refractivity contribution in [3.63, 3.8) is 0 Å². The van der Waals surface area contributed by atoms with E-state index in [1.165, 1.54) is 6.08 Å². The van der Waals surface area contributed by atoms with Crippen LogP contribution >= 0.6 is 11.6 Å². The number of halogens is 1. The predicted molar refractivity (Wildman–Crippen MR) is 127 cm³/mol. The summed E-state index contributed by atoms with van der Waals surface area (Å²) in [4.78, 5) is 12.6. The SMILES string of the molecule is CCCOc1ccc(Cl)cc1/C=C(\C#N)C(=O)Nc1ccc(OCc2ccccc2)cc1. The Morgan fingerprint density at radius 1 is 1.06 bits per heavy atom. The fraction of sp³-hybridized carbons (Fsp3) is 0.154. The first kappa shape index (κ1) is 22.9. The largest absolute Gasteiger partial charge is 0.493 e.